The van der Waals surface area contributed by atoms with Crippen LogP contribution in [0.4, 0.5) is 10.1 Å². The Morgan fingerprint density at radius 3 is 2.38 bits per heavy atom. The van der Waals surface area contributed by atoms with Gasteiger partial charge < -0.3 is 10.1 Å². The molecule has 2 aliphatic carbocycles. The van der Waals surface area contributed by atoms with Crippen molar-refractivity contribution in [1.82, 2.24) is 9.13 Å². The van der Waals surface area contributed by atoms with Gasteiger partial charge in [0.1, 0.15) is 11.9 Å². The number of nitrogens with one attached hydrogen (secondary N) is 1. The predicted molar refractivity (Wildman–Crippen MR) is 120 cm³/mol. The van der Waals surface area contributed by atoms with Gasteiger partial charge in [-0.2, -0.15) is 0 Å². The van der Waals surface area contributed by atoms with Crippen molar-refractivity contribution in [1.29, 1.82) is 0 Å². The minimum atomic E-state index is -0.523. The number of aromatic nitrogens is 2. The second-order valence-electron chi connectivity index (χ2n) is 9.49. The van der Waals surface area contributed by atoms with Gasteiger partial charge in [0, 0.05) is 18.5 Å². The van der Waals surface area contributed by atoms with Crippen LogP contribution in [-0.4, -0.2) is 27.2 Å². The zero-order valence-corrected chi connectivity index (χ0v) is 18.3. The summed E-state index contributed by atoms with van der Waals surface area (Å²) in [6.45, 7) is 0.00968. The van der Waals surface area contributed by atoms with E-state index in [2.05, 4.69) is 5.32 Å². The summed E-state index contributed by atoms with van der Waals surface area (Å²) in [4.78, 5) is 38.3. The Morgan fingerprint density at radius 2 is 1.69 bits per heavy atom. The standard InChI is InChI=1S/C24H30FN3O4/c25-19-12-18-21(13-20(19)26-15-6-2-1-3-7-15)28(16-8-4-5-9-16)24(31)27(23(18)30)14-17-10-11-22(29)32-17/h12-13,15-17,26H,1-11,14H2/t17-/m0/s1. The molecule has 1 aliphatic heterocycles. The van der Waals surface area contributed by atoms with Crippen molar-refractivity contribution in [3.63, 3.8) is 0 Å². The first-order chi connectivity index (χ1) is 15.5. The SMILES string of the molecule is O=C1CC[C@@H](Cn2c(=O)c3cc(F)c(NC4CCCCC4)cc3n(C3CCCC3)c2=O)O1. The van der Waals surface area contributed by atoms with E-state index in [0.29, 0.717) is 17.6 Å². The normalized spacial score (nSPS) is 22.5. The fourth-order valence-corrected chi connectivity index (χ4v) is 5.57. The van der Waals surface area contributed by atoms with Crippen LogP contribution in [0.2, 0.25) is 0 Å². The molecule has 172 valence electrons. The molecular weight excluding hydrogens is 413 g/mol. The molecule has 0 radical (unpaired) electrons. The fourth-order valence-electron chi connectivity index (χ4n) is 5.57. The number of benzene rings is 1. The Hall–Kier alpha value is -2.64. The number of halogens is 1. The molecule has 2 aromatic rings. The van der Waals surface area contributed by atoms with Crippen molar-refractivity contribution in [2.75, 3.05) is 5.32 Å². The summed E-state index contributed by atoms with van der Waals surface area (Å²) in [6, 6.07) is 3.11. The van der Waals surface area contributed by atoms with Crippen LogP contribution in [0.1, 0.15) is 76.7 Å². The van der Waals surface area contributed by atoms with Crippen molar-refractivity contribution in [3.05, 3.63) is 38.8 Å². The van der Waals surface area contributed by atoms with Crippen molar-refractivity contribution < 1.29 is 13.9 Å². The molecule has 2 saturated carbocycles. The van der Waals surface area contributed by atoms with Crippen molar-refractivity contribution >= 4 is 22.6 Å². The Labute approximate surface area is 185 Å². The number of ether oxygens (including phenoxy) is 1. The van der Waals surface area contributed by atoms with Gasteiger partial charge in [-0.05, 0) is 44.2 Å². The van der Waals surface area contributed by atoms with E-state index in [1.807, 2.05) is 0 Å². The van der Waals surface area contributed by atoms with E-state index in [4.69, 9.17) is 4.74 Å². The van der Waals surface area contributed by atoms with E-state index in [1.54, 1.807) is 10.6 Å². The minimum absolute atomic E-state index is 0.00968. The molecule has 3 aliphatic rings. The molecule has 32 heavy (non-hydrogen) atoms. The molecular formula is C24H30FN3O4. The van der Waals surface area contributed by atoms with Gasteiger partial charge in [-0.25, -0.2) is 9.18 Å². The number of fused-ring (bicyclic) bond motifs is 1. The molecule has 0 amide bonds. The predicted octanol–water partition coefficient (Wildman–Crippen LogP) is 3.87. The van der Waals surface area contributed by atoms with E-state index in [9.17, 15) is 14.4 Å². The number of rotatable bonds is 5. The summed E-state index contributed by atoms with van der Waals surface area (Å²) in [5.41, 5.74) is -0.0680. The first kappa shape index (κ1) is 21.2. The molecule has 2 heterocycles. The number of hydrogen-bond donors (Lipinski definition) is 1. The van der Waals surface area contributed by atoms with Crippen LogP contribution < -0.4 is 16.6 Å². The number of anilines is 1. The van der Waals surface area contributed by atoms with Gasteiger partial charge in [0.05, 0.1) is 23.1 Å². The maximum atomic E-state index is 15.1. The number of cyclic esters (lactones) is 1. The Morgan fingerprint density at radius 1 is 0.969 bits per heavy atom. The molecule has 1 saturated heterocycles. The van der Waals surface area contributed by atoms with Gasteiger partial charge in [-0.15, -0.1) is 0 Å². The second-order valence-corrected chi connectivity index (χ2v) is 9.49. The number of carbonyl (C=O) groups excluding carboxylic acids is 1. The van der Waals surface area contributed by atoms with Crippen LogP contribution in [-0.2, 0) is 16.1 Å². The summed E-state index contributed by atoms with van der Waals surface area (Å²) >= 11 is 0. The zero-order valence-electron chi connectivity index (χ0n) is 18.3. The smallest absolute Gasteiger partial charge is 0.331 e. The largest absolute Gasteiger partial charge is 0.460 e. The number of esters is 1. The molecule has 0 bridgehead atoms. The molecule has 7 nitrogen and oxygen atoms in total. The lowest BCUT2D eigenvalue weighted by Crippen LogP contribution is -2.43. The van der Waals surface area contributed by atoms with Crippen molar-refractivity contribution in [2.45, 2.75) is 95.4 Å². The zero-order chi connectivity index (χ0) is 22.2. The van der Waals surface area contributed by atoms with Gasteiger partial charge >= 0.3 is 11.7 Å². The summed E-state index contributed by atoms with van der Waals surface area (Å²) < 4.78 is 23.2. The van der Waals surface area contributed by atoms with Crippen LogP contribution in [0.15, 0.2) is 21.7 Å². The Bertz CT molecular complexity index is 1140. The monoisotopic (exact) mass is 443 g/mol. The van der Waals surface area contributed by atoms with Crippen LogP contribution >= 0.6 is 0 Å². The summed E-state index contributed by atoms with van der Waals surface area (Å²) in [5.74, 6) is -0.792. The van der Waals surface area contributed by atoms with Gasteiger partial charge in [0.15, 0.2) is 0 Å². The molecule has 5 rings (SSSR count). The second kappa shape index (κ2) is 8.71. The molecule has 1 aromatic heterocycles. The molecule has 1 N–H and O–H groups in total. The lowest BCUT2D eigenvalue weighted by molar-refractivity contribution is -0.141. The van der Waals surface area contributed by atoms with Gasteiger partial charge in [-0.1, -0.05) is 32.1 Å². The molecule has 1 atom stereocenters. The highest BCUT2D eigenvalue weighted by Gasteiger charge is 2.28. The van der Waals surface area contributed by atoms with E-state index >= 15 is 4.39 Å². The quantitative estimate of drug-likeness (QED) is 0.710. The lowest BCUT2D eigenvalue weighted by atomic mass is 9.95. The Kier molecular flexibility index (Phi) is 5.78. The third kappa shape index (κ3) is 3.95. The number of carbonyl (C=O) groups is 1. The van der Waals surface area contributed by atoms with Crippen LogP contribution in [0, 0.1) is 5.82 Å². The highest BCUT2D eigenvalue weighted by molar-refractivity contribution is 5.82. The molecule has 8 heteroatoms. The highest BCUT2D eigenvalue weighted by atomic mass is 19.1. The summed E-state index contributed by atoms with van der Waals surface area (Å²) in [6.07, 6.45) is 9.45. The van der Waals surface area contributed by atoms with Crippen LogP contribution in [0.3, 0.4) is 0 Å². The van der Waals surface area contributed by atoms with Gasteiger partial charge in [0.25, 0.3) is 5.56 Å². The highest BCUT2D eigenvalue weighted by Crippen LogP contribution is 2.32. The lowest BCUT2D eigenvalue weighted by Gasteiger charge is -2.25. The average molecular weight is 444 g/mol. The maximum absolute atomic E-state index is 15.1. The van der Waals surface area contributed by atoms with E-state index in [1.165, 1.54) is 12.5 Å². The third-order valence-corrected chi connectivity index (χ3v) is 7.27. The van der Waals surface area contributed by atoms with Crippen molar-refractivity contribution in [3.8, 4) is 0 Å². The van der Waals surface area contributed by atoms with Gasteiger partial charge in [0.2, 0.25) is 0 Å². The first-order valence-corrected chi connectivity index (χ1v) is 12.0. The fraction of sp³-hybridized carbons (Fsp3) is 0.625. The van der Waals surface area contributed by atoms with Crippen LogP contribution in [0.25, 0.3) is 10.9 Å². The summed E-state index contributed by atoms with van der Waals surface area (Å²) in [7, 11) is 0. The van der Waals surface area contributed by atoms with Crippen LogP contribution in [0.5, 0.6) is 0 Å². The van der Waals surface area contributed by atoms with E-state index in [-0.39, 0.29) is 36.4 Å². The van der Waals surface area contributed by atoms with E-state index < -0.39 is 23.2 Å². The maximum Gasteiger partial charge on any atom is 0.331 e. The number of nitrogens with zero attached hydrogens (tertiary/aromatic N) is 2. The molecule has 0 unspecified atom stereocenters. The topological polar surface area (TPSA) is 82.3 Å². The summed E-state index contributed by atoms with van der Waals surface area (Å²) in [5, 5.41) is 3.52. The Balaban J connectivity index is 1.62. The molecule has 3 fully saturated rings. The molecule has 1 aromatic carbocycles. The molecule has 0 spiro atoms. The number of hydrogen-bond acceptors (Lipinski definition) is 5. The average Bonchev–Trinajstić information content (AvgIpc) is 3.45. The van der Waals surface area contributed by atoms with Crippen molar-refractivity contribution in [2.24, 2.45) is 0 Å². The first-order valence-electron chi connectivity index (χ1n) is 12.0. The van der Waals surface area contributed by atoms with E-state index in [0.717, 1.165) is 55.9 Å². The minimum Gasteiger partial charge on any atom is -0.460 e. The third-order valence-electron chi connectivity index (χ3n) is 7.27. The van der Waals surface area contributed by atoms with Gasteiger partial charge in [-0.3, -0.25) is 18.7 Å².